The van der Waals surface area contributed by atoms with Crippen LogP contribution in [0.3, 0.4) is 0 Å². The molecule has 5 heteroatoms. The van der Waals surface area contributed by atoms with Gasteiger partial charge in [-0.2, -0.15) is 0 Å². The summed E-state index contributed by atoms with van der Waals surface area (Å²) in [5.41, 5.74) is 0.441. The molecule has 1 atom stereocenters. The number of ether oxygens (including phenoxy) is 1. The van der Waals surface area contributed by atoms with Crippen LogP contribution in [-0.2, 0) is 4.74 Å². The lowest BCUT2D eigenvalue weighted by molar-refractivity contribution is 0.108. The average molecular weight is 308 g/mol. The zero-order valence-electron chi connectivity index (χ0n) is 13.8. The highest BCUT2D eigenvalue weighted by atomic mass is 35.5. The summed E-state index contributed by atoms with van der Waals surface area (Å²) in [5.74, 6) is 0. The molecule has 0 saturated carbocycles. The van der Waals surface area contributed by atoms with Crippen LogP contribution in [0.2, 0.25) is 0 Å². The molecule has 4 nitrogen and oxygen atoms in total. The molecule has 0 radical (unpaired) electrons. The van der Waals surface area contributed by atoms with Gasteiger partial charge in [0.1, 0.15) is 0 Å². The largest absolute Gasteiger partial charge is 0.383 e. The Hall–Kier alpha value is 0.130. The minimum atomic E-state index is 0. The first-order chi connectivity index (χ1) is 9.13. The van der Waals surface area contributed by atoms with Gasteiger partial charge in [0.15, 0.2) is 0 Å². The lowest BCUT2D eigenvalue weighted by Crippen LogP contribution is -2.43. The van der Waals surface area contributed by atoms with Crippen molar-refractivity contribution in [3.05, 3.63) is 0 Å². The van der Waals surface area contributed by atoms with Crippen molar-refractivity contribution in [3.8, 4) is 0 Å². The van der Waals surface area contributed by atoms with Crippen LogP contribution in [0, 0.1) is 5.41 Å². The van der Waals surface area contributed by atoms with Crippen LogP contribution in [0.5, 0.6) is 0 Å². The number of hydrogen-bond acceptors (Lipinski definition) is 4. The van der Waals surface area contributed by atoms with E-state index in [0.29, 0.717) is 5.41 Å². The standard InChI is InChI=1S/C15H33N3O.ClH/c1-5-17(6-2)9-10-18(11-12-19-4)14-15(3)7-8-16-13-15;/h16H,5-14H2,1-4H3;1H. The third-order valence-electron chi connectivity index (χ3n) is 4.30. The van der Waals surface area contributed by atoms with Gasteiger partial charge in [-0.05, 0) is 31.5 Å². The normalized spacial score (nSPS) is 22.5. The minimum absolute atomic E-state index is 0. The maximum atomic E-state index is 5.26. The van der Waals surface area contributed by atoms with Crippen LogP contribution in [0.1, 0.15) is 27.2 Å². The van der Waals surface area contributed by atoms with Gasteiger partial charge in [0.25, 0.3) is 0 Å². The number of rotatable bonds is 10. The van der Waals surface area contributed by atoms with Crippen molar-refractivity contribution in [3.63, 3.8) is 0 Å². The van der Waals surface area contributed by atoms with Crippen LogP contribution in [0.4, 0.5) is 0 Å². The first-order valence-corrected chi connectivity index (χ1v) is 7.78. The number of methoxy groups -OCH3 is 1. The van der Waals surface area contributed by atoms with Crippen molar-refractivity contribution in [2.75, 3.05) is 66.1 Å². The Morgan fingerprint density at radius 1 is 1.10 bits per heavy atom. The van der Waals surface area contributed by atoms with Gasteiger partial charge in [0.2, 0.25) is 0 Å². The Morgan fingerprint density at radius 3 is 2.25 bits per heavy atom. The number of hydrogen-bond donors (Lipinski definition) is 1. The van der Waals surface area contributed by atoms with Crippen LogP contribution >= 0.6 is 12.4 Å². The van der Waals surface area contributed by atoms with E-state index in [1.54, 1.807) is 7.11 Å². The van der Waals surface area contributed by atoms with Gasteiger partial charge in [0.05, 0.1) is 6.61 Å². The Labute approximate surface area is 131 Å². The van der Waals surface area contributed by atoms with E-state index < -0.39 is 0 Å². The molecule has 1 rings (SSSR count). The fourth-order valence-corrected chi connectivity index (χ4v) is 2.86. The molecule has 0 aliphatic carbocycles. The maximum Gasteiger partial charge on any atom is 0.0589 e. The molecule has 1 N–H and O–H groups in total. The second kappa shape index (κ2) is 10.8. The van der Waals surface area contributed by atoms with Gasteiger partial charge in [-0.25, -0.2) is 0 Å². The molecule has 1 heterocycles. The number of halogens is 1. The van der Waals surface area contributed by atoms with E-state index in [1.807, 2.05) is 0 Å². The van der Waals surface area contributed by atoms with Gasteiger partial charge in [0, 0.05) is 39.8 Å². The van der Waals surface area contributed by atoms with Crippen LogP contribution in [-0.4, -0.2) is 75.9 Å². The first kappa shape index (κ1) is 20.1. The van der Waals surface area contributed by atoms with Crippen molar-refractivity contribution in [1.29, 1.82) is 0 Å². The third kappa shape index (κ3) is 7.23. The molecule has 0 bridgehead atoms. The van der Waals surface area contributed by atoms with E-state index in [4.69, 9.17) is 4.74 Å². The Balaban J connectivity index is 0.00000361. The zero-order chi connectivity index (χ0) is 14.1. The lowest BCUT2D eigenvalue weighted by Gasteiger charge is -2.33. The van der Waals surface area contributed by atoms with E-state index >= 15 is 0 Å². The van der Waals surface area contributed by atoms with Crippen molar-refractivity contribution < 1.29 is 4.74 Å². The molecule has 0 aromatic heterocycles. The second-order valence-electron chi connectivity index (χ2n) is 6.03. The molecule has 20 heavy (non-hydrogen) atoms. The average Bonchev–Trinajstić information content (AvgIpc) is 2.83. The molecule has 1 saturated heterocycles. The van der Waals surface area contributed by atoms with Crippen LogP contribution < -0.4 is 5.32 Å². The fourth-order valence-electron chi connectivity index (χ4n) is 2.86. The molecule has 122 valence electrons. The molecule has 1 fully saturated rings. The highest BCUT2D eigenvalue weighted by molar-refractivity contribution is 5.85. The van der Waals surface area contributed by atoms with Crippen molar-refractivity contribution in [2.45, 2.75) is 27.2 Å². The van der Waals surface area contributed by atoms with E-state index in [9.17, 15) is 0 Å². The molecule has 0 aromatic carbocycles. The van der Waals surface area contributed by atoms with E-state index in [-0.39, 0.29) is 12.4 Å². The Bertz CT molecular complexity index is 231. The molecule has 0 spiro atoms. The molecule has 0 amide bonds. The summed E-state index contributed by atoms with van der Waals surface area (Å²) in [5, 5.41) is 3.49. The molecular weight excluding hydrogens is 274 g/mol. The van der Waals surface area contributed by atoms with E-state index in [1.165, 1.54) is 26.1 Å². The number of nitrogens with one attached hydrogen (secondary N) is 1. The minimum Gasteiger partial charge on any atom is -0.383 e. The lowest BCUT2D eigenvalue weighted by atomic mass is 9.89. The van der Waals surface area contributed by atoms with Gasteiger partial charge >= 0.3 is 0 Å². The molecular formula is C15H34ClN3O. The fraction of sp³-hybridized carbons (Fsp3) is 1.00. The molecule has 1 unspecified atom stereocenters. The van der Waals surface area contributed by atoms with Crippen LogP contribution in [0.25, 0.3) is 0 Å². The third-order valence-corrected chi connectivity index (χ3v) is 4.30. The van der Waals surface area contributed by atoms with Crippen molar-refractivity contribution in [2.24, 2.45) is 5.41 Å². The number of nitrogens with zero attached hydrogens (tertiary/aromatic N) is 2. The van der Waals surface area contributed by atoms with Crippen LogP contribution in [0.15, 0.2) is 0 Å². The van der Waals surface area contributed by atoms with Gasteiger partial charge < -0.3 is 15.0 Å². The predicted octanol–water partition coefficient (Wildman–Crippen LogP) is 1.70. The van der Waals surface area contributed by atoms with Crippen molar-refractivity contribution in [1.82, 2.24) is 15.1 Å². The predicted molar refractivity (Wildman–Crippen MR) is 88.9 cm³/mol. The van der Waals surface area contributed by atoms with Gasteiger partial charge in [-0.15, -0.1) is 12.4 Å². The molecule has 1 aliphatic heterocycles. The SMILES string of the molecule is CCN(CC)CCN(CCOC)CC1(C)CCNC1.Cl. The number of likely N-dealkylation sites (N-methyl/N-ethyl adjacent to an activating group) is 1. The summed E-state index contributed by atoms with van der Waals surface area (Å²) < 4.78 is 5.26. The highest BCUT2D eigenvalue weighted by Gasteiger charge is 2.30. The van der Waals surface area contributed by atoms with E-state index in [0.717, 1.165) is 39.3 Å². The summed E-state index contributed by atoms with van der Waals surface area (Å²) in [6.45, 7) is 16.9. The smallest absolute Gasteiger partial charge is 0.0589 e. The molecule has 0 aromatic rings. The Morgan fingerprint density at radius 2 is 1.75 bits per heavy atom. The summed E-state index contributed by atoms with van der Waals surface area (Å²) in [6.07, 6.45) is 1.29. The van der Waals surface area contributed by atoms with Gasteiger partial charge in [-0.1, -0.05) is 20.8 Å². The highest BCUT2D eigenvalue weighted by Crippen LogP contribution is 2.25. The maximum absolute atomic E-state index is 5.26. The summed E-state index contributed by atoms with van der Waals surface area (Å²) in [6, 6.07) is 0. The van der Waals surface area contributed by atoms with Crippen molar-refractivity contribution >= 4 is 12.4 Å². The first-order valence-electron chi connectivity index (χ1n) is 7.78. The monoisotopic (exact) mass is 307 g/mol. The second-order valence-corrected chi connectivity index (χ2v) is 6.03. The van der Waals surface area contributed by atoms with E-state index in [2.05, 4.69) is 35.9 Å². The topological polar surface area (TPSA) is 27.7 Å². The molecule has 1 aliphatic rings. The quantitative estimate of drug-likeness (QED) is 0.665. The summed E-state index contributed by atoms with van der Waals surface area (Å²) >= 11 is 0. The summed E-state index contributed by atoms with van der Waals surface area (Å²) in [4.78, 5) is 5.07. The summed E-state index contributed by atoms with van der Waals surface area (Å²) in [7, 11) is 1.79. The Kier molecular flexibility index (Phi) is 10.9. The zero-order valence-corrected chi connectivity index (χ0v) is 14.6. The van der Waals surface area contributed by atoms with Gasteiger partial charge in [-0.3, -0.25) is 4.90 Å².